The van der Waals surface area contributed by atoms with E-state index in [-0.39, 0.29) is 0 Å². The Morgan fingerprint density at radius 3 is 2.65 bits per heavy atom. The van der Waals surface area contributed by atoms with Gasteiger partial charge in [-0.2, -0.15) is 0 Å². The van der Waals surface area contributed by atoms with Gasteiger partial charge in [-0.1, -0.05) is 29.8 Å². The van der Waals surface area contributed by atoms with E-state index >= 15 is 0 Å². The molecule has 0 spiro atoms. The summed E-state index contributed by atoms with van der Waals surface area (Å²) in [6.45, 7) is 6.78. The Balaban J connectivity index is 1.97. The van der Waals surface area contributed by atoms with Crippen LogP contribution in [-0.4, -0.2) is 19.0 Å². The Labute approximate surface area is 121 Å². The van der Waals surface area contributed by atoms with E-state index in [1.807, 2.05) is 7.05 Å². The molecule has 0 unspecified atom stereocenters. The smallest absolute Gasteiger partial charge is 0.120 e. The van der Waals surface area contributed by atoms with Crippen molar-refractivity contribution in [3.63, 3.8) is 0 Å². The lowest BCUT2D eigenvalue weighted by Crippen LogP contribution is -2.16. The molecule has 0 aliphatic rings. The Bertz CT molecular complexity index is 560. The molecule has 3 heteroatoms. The zero-order chi connectivity index (χ0) is 14.5. The van der Waals surface area contributed by atoms with Gasteiger partial charge in [0, 0.05) is 6.54 Å². The summed E-state index contributed by atoms with van der Waals surface area (Å²) < 4.78 is 5.88. The highest BCUT2D eigenvalue weighted by atomic mass is 16.3. The van der Waals surface area contributed by atoms with Crippen molar-refractivity contribution in [2.75, 3.05) is 14.1 Å². The quantitative estimate of drug-likeness (QED) is 0.875. The maximum absolute atomic E-state index is 5.88. The van der Waals surface area contributed by atoms with Crippen molar-refractivity contribution in [1.29, 1.82) is 0 Å². The third-order valence-electron chi connectivity index (χ3n) is 3.37. The number of nitrogens with zero attached hydrogens (tertiary/aromatic N) is 1. The van der Waals surface area contributed by atoms with Crippen LogP contribution in [0.4, 0.5) is 0 Å². The third-order valence-corrected chi connectivity index (χ3v) is 3.37. The van der Waals surface area contributed by atoms with Gasteiger partial charge in [0.2, 0.25) is 0 Å². The number of furan rings is 1. The second-order valence-electron chi connectivity index (χ2n) is 5.51. The molecule has 1 heterocycles. The number of hydrogen-bond donors (Lipinski definition) is 1. The molecular weight excluding hydrogens is 248 g/mol. The van der Waals surface area contributed by atoms with E-state index in [1.165, 1.54) is 16.7 Å². The summed E-state index contributed by atoms with van der Waals surface area (Å²) in [5, 5.41) is 3.13. The van der Waals surface area contributed by atoms with E-state index in [2.05, 4.69) is 61.4 Å². The molecule has 1 aromatic heterocycles. The van der Waals surface area contributed by atoms with E-state index in [0.717, 1.165) is 31.2 Å². The minimum absolute atomic E-state index is 0.785. The van der Waals surface area contributed by atoms with Crippen LogP contribution in [0.3, 0.4) is 0 Å². The van der Waals surface area contributed by atoms with E-state index in [4.69, 9.17) is 4.42 Å². The molecule has 20 heavy (non-hydrogen) atoms. The van der Waals surface area contributed by atoms with Crippen LogP contribution >= 0.6 is 0 Å². The van der Waals surface area contributed by atoms with Crippen LogP contribution in [0.25, 0.3) is 0 Å². The highest BCUT2D eigenvalue weighted by Gasteiger charge is 2.09. The van der Waals surface area contributed by atoms with Crippen LogP contribution in [0.2, 0.25) is 0 Å². The normalized spacial score (nSPS) is 11.2. The van der Waals surface area contributed by atoms with Crippen LogP contribution in [0.15, 0.2) is 34.7 Å². The first kappa shape index (κ1) is 14.8. The van der Waals surface area contributed by atoms with Gasteiger partial charge < -0.3 is 9.73 Å². The lowest BCUT2D eigenvalue weighted by Gasteiger charge is -2.15. The molecule has 0 fully saturated rings. The molecule has 108 valence electrons. The van der Waals surface area contributed by atoms with Crippen molar-refractivity contribution in [2.45, 2.75) is 33.5 Å². The fourth-order valence-electron chi connectivity index (χ4n) is 2.45. The van der Waals surface area contributed by atoms with Crippen molar-refractivity contribution in [1.82, 2.24) is 10.2 Å². The van der Waals surface area contributed by atoms with Gasteiger partial charge in [-0.3, -0.25) is 4.90 Å². The Hall–Kier alpha value is -1.58. The molecule has 0 saturated heterocycles. The zero-order valence-electron chi connectivity index (χ0n) is 12.9. The predicted molar refractivity (Wildman–Crippen MR) is 82.6 cm³/mol. The number of nitrogens with one attached hydrogen (secondary N) is 1. The van der Waals surface area contributed by atoms with Gasteiger partial charge in [0.1, 0.15) is 11.5 Å². The second kappa shape index (κ2) is 6.73. The first-order valence-electron chi connectivity index (χ1n) is 7.05. The van der Waals surface area contributed by atoms with Crippen LogP contribution < -0.4 is 5.32 Å². The molecule has 2 aromatic rings. The molecule has 3 nitrogen and oxygen atoms in total. The summed E-state index contributed by atoms with van der Waals surface area (Å²) in [5.41, 5.74) is 3.87. The first-order valence-corrected chi connectivity index (χ1v) is 7.05. The molecule has 1 aromatic carbocycles. The molecule has 1 N–H and O–H groups in total. The van der Waals surface area contributed by atoms with Crippen molar-refractivity contribution in [2.24, 2.45) is 0 Å². The molecule has 0 aliphatic heterocycles. The monoisotopic (exact) mass is 272 g/mol. The average Bonchev–Trinajstić information content (AvgIpc) is 2.70. The van der Waals surface area contributed by atoms with E-state index in [1.54, 1.807) is 0 Å². The summed E-state index contributed by atoms with van der Waals surface area (Å²) >= 11 is 0. The maximum Gasteiger partial charge on any atom is 0.120 e. The largest absolute Gasteiger partial charge is 0.463 e. The highest BCUT2D eigenvalue weighted by molar-refractivity contribution is 5.23. The van der Waals surface area contributed by atoms with Gasteiger partial charge in [-0.15, -0.1) is 0 Å². The van der Waals surface area contributed by atoms with Gasteiger partial charge in [-0.05, 0) is 45.1 Å². The van der Waals surface area contributed by atoms with Crippen molar-refractivity contribution >= 4 is 0 Å². The summed E-state index contributed by atoms with van der Waals surface area (Å²) in [6.07, 6.45) is 0. The van der Waals surface area contributed by atoms with Gasteiger partial charge in [-0.25, -0.2) is 0 Å². The molecule has 0 amide bonds. The number of rotatable bonds is 6. The van der Waals surface area contributed by atoms with Crippen LogP contribution in [-0.2, 0) is 19.6 Å². The van der Waals surface area contributed by atoms with Crippen LogP contribution in [0.5, 0.6) is 0 Å². The first-order chi connectivity index (χ1) is 9.58. The standard InChI is InChI=1S/C17H24N2O/c1-13-6-5-7-15(8-13)11-19(4)12-16-9-14(2)17(20-16)10-18-3/h5-9,18H,10-12H2,1-4H3. The molecule has 0 radical (unpaired) electrons. The van der Waals surface area contributed by atoms with E-state index < -0.39 is 0 Å². The van der Waals surface area contributed by atoms with Crippen LogP contribution in [0.1, 0.15) is 28.2 Å². The minimum atomic E-state index is 0.785. The predicted octanol–water partition coefficient (Wildman–Crippen LogP) is 3.25. The Kier molecular flexibility index (Phi) is 4.99. The summed E-state index contributed by atoms with van der Waals surface area (Å²) in [4.78, 5) is 2.27. The van der Waals surface area contributed by atoms with Gasteiger partial charge in [0.15, 0.2) is 0 Å². The fourth-order valence-corrected chi connectivity index (χ4v) is 2.45. The fraction of sp³-hybridized carbons (Fsp3) is 0.412. The molecular formula is C17H24N2O. The number of benzene rings is 1. The lowest BCUT2D eigenvalue weighted by molar-refractivity contribution is 0.283. The molecule has 0 saturated carbocycles. The van der Waals surface area contributed by atoms with Gasteiger partial charge in [0.25, 0.3) is 0 Å². The zero-order valence-corrected chi connectivity index (χ0v) is 12.9. The van der Waals surface area contributed by atoms with Gasteiger partial charge >= 0.3 is 0 Å². The molecule has 0 bridgehead atoms. The highest BCUT2D eigenvalue weighted by Crippen LogP contribution is 2.17. The lowest BCUT2D eigenvalue weighted by atomic mass is 10.1. The SMILES string of the molecule is CNCc1oc(CN(C)Cc2cccc(C)c2)cc1C. The number of aryl methyl sites for hydroxylation is 2. The van der Waals surface area contributed by atoms with E-state index in [0.29, 0.717) is 0 Å². The molecule has 2 rings (SSSR count). The topological polar surface area (TPSA) is 28.4 Å². The minimum Gasteiger partial charge on any atom is -0.463 e. The van der Waals surface area contributed by atoms with Crippen molar-refractivity contribution in [3.8, 4) is 0 Å². The Morgan fingerprint density at radius 2 is 1.95 bits per heavy atom. The summed E-state index contributed by atoms with van der Waals surface area (Å²) in [7, 11) is 4.06. The average molecular weight is 272 g/mol. The number of hydrogen-bond acceptors (Lipinski definition) is 3. The Morgan fingerprint density at radius 1 is 1.15 bits per heavy atom. The summed E-state index contributed by atoms with van der Waals surface area (Å²) in [6, 6.07) is 10.8. The molecule has 0 atom stereocenters. The van der Waals surface area contributed by atoms with E-state index in [9.17, 15) is 0 Å². The van der Waals surface area contributed by atoms with Crippen LogP contribution in [0, 0.1) is 13.8 Å². The maximum atomic E-state index is 5.88. The van der Waals surface area contributed by atoms with Crippen molar-refractivity contribution < 1.29 is 4.42 Å². The third kappa shape index (κ3) is 3.95. The summed E-state index contributed by atoms with van der Waals surface area (Å²) in [5.74, 6) is 2.06. The van der Waals surface area contributed by atoms with Crippen molar-refractivity contribution in [3.05, 3.63) is 58.5 Å². The van der Waals surface area contributed by atoms with Gasteiger partial charge in [0.05, 0.1) is 13.1 Å². The second-order valence-corrected chi connectivity index (χ2v) is 5.51. The molecule has 0 aliphatic carbocycles.